The van der Waals surface area contributed by atoms with Crippen LogP contribution in [0.3, 0.4) is 0 Å². The highest BCUT2D eigenvalue weighted by molar-refractivity contribution is 6.17. The molecule has 0 unspecified atom stereocenters. The van der Waals surface area contributed by atoms with Crippen molar-refractivity contribution in [3.63, 3.8) is 0 Å². The van der Waals surface area contributed by atoms with Crippen molar-refractivity contribution in [3.8, 4) is 0 Å². The van der Waals surface area contributed by atoms with E-state index in [1.165, 1.54) is 6.92 Å². The number of amides is 4. The fourth-order valence-corrected chi connectivity index (χ4v) is 4.02. The molecule has 0 aromatic heterocycles. The molecule has 1 saturated carbocycles. The van der Waals surface area contributed by atoms with Crippen molar-refractivity contribution in [2.24, 2.45) is 17.8 Å². The minimum Gasteiger partial charge on any atom is -0.444 e. The van der Waals surface area contributed by atoms with Gasteiger partial charge in [0.2, 0.25) is 0 Å². The molecular weight excluding hydrogens is 418 g/mol. The Labute approximate surface area is 188 Å². The molecule has 180 valence electrons. The van der Waals surface area contributed by atoms with E-state index in [2.05, 4.69) is 10.7 Å². The predicted molar refractivity (Wildman–Crippen MR) is 114 cm³/mol. The standard InChI is InChI=1S/C22H35N3O7/c1-12-14(18(28)25(17(12)27)24-20(30)32-22(5,6)7)16(26)15(13-10-8-9-11-13)23-19(29)31-21(2,3)4/h12-15H,8-11H2,1-7H3,(H,23,29)(H,24,30)/t12-,14+,15-/m0/s1. The van der Waals surface area contributed by atoms with Crippen LogP contribution in [0.5, 0.6) is 0 Å². The first-order valence-corrected chi connectivity index (χ1v) is 11.0. The van der Waals surface area contributed by atoms with Crippen molar-refractivity contribution in [2.75, 3.05) is 0 Å². The van der Waals surface area contributed by atoms with E-state index in [9.17, 15) is 24.0 Å². The van der Waals surface area contributed by atoms with Crippen LogP contribution in [0.2, 0.25) is 0 Å². The highest BCUT2D eigenvalue weighted by Gasteiger charge is 2.53. The second-order valence-corrected chi connectivity index (χ2v) is 10.5. The van der Waals surface area contributed by atoms with Crippen LogP contribution in [-0.4, -0.2) is 52.0 Å². The number of hydrazine groups is 1. The average Bonchev–Trinajstić information content (AvgIpc) is 3.20. The summed E-state index contributed by atoms with van der Waals surface area (Å²) in [5.74, 6) is -4.57. The van der Waals surface area contributed by atoms with Gasteiger partial charge in [-0.2, -0.15) is 5.01 Å². The van der Waals surface area contributed by atoms with Crippen LogP contribution in [0, 0.1) is 17.8 Å². The molecule has 32 heavy (non-hydrogen) atoms. The third-order valence-electron chi connectivity index (χ3n) is 5.35. The molecule has 0 spiro atoms. The van der Waals surface area contributed by atoms with Gasteiger partial charge in [0.05, 0.1) is 12.0 Å². The SMILES string of the molecule is C[C@@H]1C(=O)N(NC(=O)OC(C)(C)C)C(=O)[C@H]1C(=O)[C@@H](NC(=O)OC(C)(C)C)C1CCCC1. The molecule has 0 aromatic rings. The molecule has 1 saturated heterocycles. The topological polar surface area (TPSA) is 131 Å². The molecule has 0 aromatic carbocycles. The lowest BCUT2D eigenvalue weighted by atomic mass is 9.83. The van der Waals surface area contributed by atoms with Crippen LogP contribution in [0.25, 0.3) is 0 Å². The lowest BCUT2D eigenvalue weighted by molar-refractivity contribution is -0.144. The molecule has 2 N–H and O–H groups in total. The summed E-state index contributed by atoms with van der Waals surface area (Å²) >= 11 is 0. The number of hydrogen-bond acceptors (Lipinski definition) is 7. The van der Waals surface area contributed by atoms with Crippen molar-refractivity contribution in [3.05, 3.63) is 0 Å². The molecule has 3 atom stereocenters. The van der Waals surface area contributed by atoms with E-state index in [1.54, 1.807) is 41.5 Å². The number of carbonyl (C=O) groups excluding carboxylic acids is 5. The summed E-state index contributed by atoms with van der Waals surface area (Å²) in [7, 11) is 0. The largest absolute Gasteiger partial charge is 0.444 e. The Bertz CT molecular complexity index is 775. The Morgan fingerprint density at radius 2 is 1.41 bits per heavy atom. The summed E-state index contributed by atoms with van der Waals surface area (Å²) in [6, 6.07) is -0.960. The van der Waals surface area contributed by atoms with E-state index in [0.29, 0.717) is 5.01 Å². The summed E-state index contributed by atoms with van der Waals surface area (Å²) in [4.78, 5) is 63.5. The number of alkyl carbamates (subject to hydrolysis) is 1. The normalized spacial score (nSPS) is 23.2. The van der Waals surface area contributed by atoms with Crippen molar-refractivity contribution in [1.82, 2.24) is 15.8 Å². The molecule has 2 aliphatic rings. The fourth-order valence-electron chi connectivity index (χ4n) is 4.02. The van der Waals surface area contributed by atoms with Gasteiger partial charge in [-0.05, 0) is 60.3 Å². The first-order valence-electron chi connectivity index (χ1n) is 11.0. The summed E-state index contributed by atoms with van der Waals surface area (Å²) in [5, 5.41) is 3.17. The highest BCUT2D eigenvalue weighted by atomic mass is 16.6. The Kier molecular flexibility index (Phi) is 7.57. The first kappa shape index (κ1) is 25.6. The third kappa shape index (κ3) is 6.43. The quantitative estimate of drug-likeness (QED) is 0.483. The van der Waals surface area contributed by atoms with Crippen LogP contribution in [0.1, 0.15) is 74.1 Å². The number of rotatable bonds is 5. The third-order valence-corrected chi connectivity index (χ3v) is 5.35. The molecule has 2 fully saturated rings. The van der Waals surface area contributed by atoms with Crippen LogP contribution in [0.15, 0.2) is 0 Å². The molecule has 0 radical (unpaired) electrons. The van der Waals surface area contributed by atoms with E-state index >= 15 is 0 Å². The lowest BCUT2D eigenvalue weighted by Crippen LogP contribution is -2.52. The maximum absolute atomic E-state index is 13.4. The van der Waals surface area contributed by atoms with Crippen molar-refractivity contribution >= 4 is 29.8 Å². The highest BCUT2D eigenvalue weighted by Crippen LogP contribution is 2.33. The van der Waals surface area contributed by atoms with Crippen molar-refractivity contribution in [1.29, 1.82) is 0 Å². The van der Waals surface area contributed by atoms with Gasteiger partial charge in [0.1, 0.15) is 17.1 Å². The van der Waals surface area contributed by atoms with Crippen LogP contribution < -0.4 is 10.7 Å². The molecule has 1 heterocycles. The second kappa shape index (κ2) is 9.46. The Balaban J connectivity index is 2.20. The molecular formula is C22H35N3O7. The van der Waals surface area contributed by atoms with Gasteiger partial charge in [-0.15, -0.1) is 0 Å². The zero-order valence-electron chi connectivity index (χ0n) is 19.9. The number of nitrogens with one attached hydrogen (secondary N) is 2. The molecule has 10 heteroatoms. The number of Topliss-reactive ketones (excluding diaryl/α,β-unsaturated/α-hetero) is 1. The second-order valence-electron chi connectivity index (χ2n) is 10.5. The number of ether oxygens (including phenoxy) is 2. The molecule has 1 aliphatic carbocycles. The smallest absolute Gasteiger partial charge is 0.427 e. The first-order chi connectivity index (χ1) is 14.6. The van der Waals surface area contributed by atoms with Gasteiger partial charge in [-0.3, -0.25) is 14.4 Å². The van der Waals surface area contributed by atoms with Gasteiger partial charge in [-0.25, -0.2) is 15.0 Å². The van der Waals surface area contributed by atoms with E-state index in [4.69, 9.17) is 9.47 Å². The predicted octanol–water partition coefficient (Wildman–Crippen LogP) is 2.70. The number of ketones is 1. The maximum atomic E-state index is 13.4. The van der Waals surface area contributed by atoms with Crippen molar-refractivity contribution < 1.29 is 33.4 Å². The fraction of sp³-hybridized carbons (Fsp3) is 0.773. The van der Waals surface area contributed by atoms with Gasteiger partial charge >= 0.3 is 12.2 Å². The molecule has 1 aliphatic heterocycles. The van der Waals surface area contributed by atoms with E-state index in [0.717, 1.165) is 25.7 Å². The van der Waals surface area contributed by atoms with Gasteiger partial charge in [0, 0.05) is 0 Å². The minimum atomic E-state index is -1.32. The summed E-state index contributed by atoms with van der Waals surface area (Å²) in [5.41, 5.74) is 0.552. The van der Waals surface area contributed by atoms with E-state index in [1.807, 2.05) is 0 Å². The van der Waals surface area contributed by atoms with E-state index < -0.39 is 58.9 Å². The zero-order chi connectivity index (χ0) is 24.4. The van der Waals surface area contributed by atoms with Crippen LogP contribution in [0.4, 0.5) is 9.59 Å². The molecule has 10 nitrogen and oxygen atoms in total. The van der Waals surface area contributed by atoms with Crippen LogP contribution >= 0.6 is 0 Å². The monoisotopic (exact) mass is 453 g/mol. The van der Waals surface area contributed by atoms with E-state index in [-0.39, 0.29) is 5.92 Å². The Hall–Kier alpha value is -2.65. The van der Waals surface area contributed by atoms with Crippen molar-refractivity contribution in [2.45, 2.75) is 91.4 Å². The summed E-state index contributed by atoms with van der Waals surface area (Å²) in [6.07, 6.45) is 1.52. The Morgan fingerprint density at radius 3 is 1.91 bits per heavy atom. The lowest BCUT2D eigenvalue weighted by Gasteiger charge is -2.28. The van der Waals surface area contributed by atoms with Crippen LogP contribution in [-0.2, 0) is 23.9 Å². The average molecular weight is 454 g/mol. The van der Waals surface area contributed by atoms with Gasteiger partial charge < -0.3 is 14.8 Å². The molecule has 0 bridgehead atoms. The zero-order valence-corrected chi connectivity index (χ0v) is 19.9. The van der Waals surface area contributed by atoms with Gasteiger partial charge in [0.15, 0.2) is 5.78 Å². The van der Waals surface area contributed by atoms with Gasteiger partial charge in [-0.1, -0.05) is 19.8 Å². The Morgan fingerprint density at radius 1 is 0.906 bits per heavy atom. The maximum Gasteiger partial charge on any atom is 0.427 e. The number of nitrogens with zero attached hydrogens (tertiary/aromatic N) is 1. The summed E-state index contributed by atoms with van der Waals surface area (Å²) < 4.78 is 10.4. The number of imide groups is 1. The minimum absolute atomic E-state index is 0.155. The number of carbonyl (C=O) groups is 5. The molecule has 2 rings (SSSR count). The molecule has 4 amide bonds. The van der Waals surface area contributed by atoms with Gasteiger partial charge in [0.25, 0.3) is 11.8 Å². The summed E-state index contributed by atoms with van der Waals surface area (Å²) in [6.45, 7) is 11.5. The number of hydrogen-bond donors (Lipinski definition) is 2.